The summed E-state index contributed by atoms with van der Waals surface area (Å²) < 4.78 is 13.0. The van der Waals surface area contributed by atoms with Gasteiger partial charge in [-0.2, -0.15) is 0 Å². The van der Waals surface area contributed by atoms with Crippen LogP contribution < -0.4 is 44.2 Å². The summed E-state index contributed by atoms with van der Waals surface area (Å²) in [6, 6.07) is 1.53. The van der Waals surface area contributed by atoms with E-state index >= 15 is 0 Å². The van der Waals surface area contributed by atoms with Crippen LogP contribution in [0.4, 0.5) is 4.39 Å². The third kappa shape index (κ3) is 17.1. The molecule has 5 amide bonds. The fraction of sp³-hybridized carbons (Fsp3) is 0.481. The number of oxime groups is 1. The average molecular weight is 653 g/mol. The number of guanidine groups is 1. The maximum atomic E-state index is 13.2. The summed E-state index contributed by atoms with van der Waals surface area (Å²) in [5.74, 6) is -6.19. The first-order chi connectivity index (χ1) is 21.8. The number of hydrogen-bond acceptors (Lipinski definition) is 10. The zero-order chi connectivity index (χ0) is 34.5. The third-order valence-corrected chi connectivity index (χ3v) is 6.00. The van der Waals surface area contributed by atoms with Crippen molar-refractivity contribution in [3.63, 3.8) is 0 Å². The average Bonchev–Trinajstić information content (AvgIpc) is 2.99. The van der Waals surface area contributed by atoms with Crippen LogP contribution in [0.5, 0.6) is 0 Å². The van der Waals surface area contributed by atoms with Gasteiger partial charge in [0.05, 0.1) is 19.2 Å². The number of amides is 5. The van der Waals surface area contributed by atoms with Gasteiger partial charge in [-0.25, -0.2) is 4.39 Å². The Morgan fingerprint density at radius 3 is 2.11 bits per heavy atom. The minimum absolute atomic E-state index is 0.0174. The SMILES string of the molecule is NCCCCC(NC(=O)CO/N=C/c1ccc(F)cc1)C(=O)NC(CCCN=C(N)N)C(=O)NCC(=O)NC(CC(=O)O)C(N)=O. The predicted octanol–water partition coefficient (Wildman–Crippen LogP) is -3.11. The Bertz CT molecular complexity index is 1240. The van der Waals surface area contributed by atoms with E-state index in [1.165, 1.54) is 30.5 Å². The lowest BCUT2D eigenvalue weighted by Gasteiger charge is -2.23. The number of aliphatic carboxylic acids is 1. The van der Waals surface area contributed by atoms with Crippen molar-refractivity contribution in [2.45, 2.75) is 56.7 Å². The lowest BCUT2D eigenvalue weighted by atomic mass is 10.1. The number of nitrogens with one attached hydrogen (secondary N) is 4. The van der Waals surface area contributed by atoms with Crippen molar-refractivity contribution in [1.82, 2.24) is 21.3 Å². The molecule has 1 rings (SSSR count). The number of carbonyl (C=O) groups is 6. The molecule has 0 saturated carbocycles. The quantitative estimate of drug-likeness (QED) is 0.0261. The number of nitrogens with zero attached hydrogens (tertiary/aromatic N) is 2. The molecule has 0 aliphatic carbocycles. The number of benzene rings is 1. The fourth-order valence-electron chi connectivity index (χ4n) is 3.72. The first-order valence-electron chi connectivity index (χ1n) is 14.2. The van der Waals surface area contributed by atoms with E-state index in [0.29, 0.717) is 24.9 Å². The molecule has 1 aromatic carbocycles. The highest BCUT2D eigenvalue weighted by molar-refractivity contribution is 5.94. The lowest BCUT2D eigenvalue weighted by molar-refractivity contribution is -0.140. The van der Waals surface area contributed by atoms with Crippen molar-refractivity contribution < 1.29 is 43.1 Å². The molecule has 3 unspecified atom stereocenters. The Kier molecular flexibility index (Phi) is 18.0. The van der Waals surface area contributed by atoms with Gasteiger partial charge in [0.1, 0.15) is 23.9 Å². The number of halogens is 1. The molecule has 0 radical (unpaired) electrons. The number of carbonyl (C=O) groups excluding carboxylic acids is 5. The Balaban J connectivity index is 2.89. The number of nitrogens with two attached hydrogens (primary N) is 4. The highest BCUT2D eigenvalue weighted by Gasteiger charge is 2.27. The number of primary amides is 1. The van der Waals surface area contributed by atoms with Crippen LogP contribution in [-0.2, 0) is 33.6 Å². The smallest absolute Gasteiger partial charge is 0.305 e. The van der Waals surface area contributed by atoms with Crippen LogP contribution in [0.3, 0.4) is 0 Å². The van der Waals surface area contributed by atoms with E-state index in [2.05, 4.69) is 31.4 Å². The molecule has 0 bridgehead atoms. The molecule has 46 heavy (non-hydrogen) atoms. The summed E-state index contributed by atoms with van der Waals surface area (Å²) in [7, 11) is 0. The van der Waals surface area contributed by atoms with Gasteiger partial charge in [0.2, 0.25) is 23.6 Å². The number of hydrogen-bond donors (Lipinski definition) is 9. The molecule has 0 aromatic heterocycles. The van der Waals surface area contributed by atoms with Gasteiger partial charge in [-0.1, -0.05) is 17.3 Å². The Morgan fingerprint density at radius 2 is 1.50 bits per heavy atom. The van der Waals surface area contributed by atoms with Gasteiger partial charge < -0.3 is 54.1 Å². The monoisotopic (exact) mass is 652 g/mol. The van der Waals surface area contributed by atoms with E-state index in [9.17, 15) is 33.2 Å². The summed E-state index contributed by atoms with van der Waals surface area (Å²) >= 11 is 0. The minimum atomic E-state index is -1.51. The first-order valence-corrected chi connectivity index (χ1v) is 14.2. The summed E-state index contributed by atoms with van der Waals surface area (Å²) in [4.78, 5) is 82.1. The first kappa shape index (κ1) is 38.7. The van der Waals surface area contributed by atoms with Crippen molar-refractivity contribution in [3.8, 4) is 0 Å². The van der Waals surface area contributed by atoms with Crippen LogP contribution in [0.25, 0.3) is 0 Å². The number of unbranched alkanes of at least 4 members (excludes halogenated alkanes) is 1. The summed E-state index contributed by atoms with van der Waals surface area (Å²) in [6.45, 7) is -0.770. The predicted molar refractivity (Wildman–Crippen MR) is 163 cm³/mol. The molecule has 0 heterocycles. The molecule has 0 fully saturated rings. The molecule has 1 aromatic rings. The topological polar surface area (TPSA) is 309 Å². The Morgan fingerprint density at radius 1 is 0.870 bits per heavy atom. The summed E-state index contributed by atoms with van der Waals surface area (Å²) in [6.07, 6.45) is 1.92. The maximum Gasteiger partial charge on any atom is 0.305 e. The Hall–Kier alpha value is -5.33. The number of aliphatic imine (C=N–C) groups is 1. The van der Waals surface area contributed by atoms with Crippen LogP contribution in [-0.4, -0.2) is 97.2 Å². The molecule has 0 saturated heterocycles. The van der Waals surface area contributed by atoms with Crippen molar-refractivity contribution >= 4 is 47.7 Å². The van der Waals surface area contributed by atoms with Gasteiger partial charge in [0.15, 0.2) is 12.6 Å². The summed E-state index contributed by atoms with van der Waals surface area (Å²) in [5, 5.41) is 22.0. The number of rotatable bonds is 22. The third-order valence-electron chi connectivity index (χ3n) is 6.00. The van der Waals surface area contributed by atoms with Crippen LogP contribution in [0.15, 0.2) is 34.4 Å². The zero-order valence-electron chi connectivity index (χ0n) is 25.1. The second-order valence-corrected chi connectivity index (χ2v) is 9.81. The molecule has 254 valence electrons. The number of carboxylic acids is 1. The van der Waals surface area contributed by atoms with Gasteiger partial charge in [0.25, 0.3) is 5.91 Å². The molecular formula is C27H41FN10O8. The zero-order valence-corrected chi connectivity index (χ0v) is 25.1. The van der Waals surface area contributed by atoms with Gasteiger partial charge in [0, 0.05) is 6.54 Å². The standard InChI is InChI=1S/C27H41FN10O8/c28-17-8-6-16(7-9-17)13-35-46-15-22(40)36-19(4-1-2-10-29)26(45)38-18(5-3-11-33-27(31)32)25(44)34-14-21(39)37-20(24(30)43)12-23(41)42/h6-9,13,18-20H,1-5,10-12,14-15,29H2,(H2,30,43)(H,34,44)(H,36,40)(H,37,39)(H,38,45)(H,41,42)(H4,31,32,33)/b35-13+. The molecule has 0 spiro atoms. The van der Waals surface area contributed by atoms with E-state index in [4.69, 9.17) is 32.9 Å². The number of carboxylic acid groups (broad SMARTS) is 1. The van der Waals surface area contributed by atoms with Gasteiger partial charge >= 0.3 is 5.97 Å². The van der Waals surface area contributed by atoms with Crippen molar-refractivity contribution in [2.75, 3.05) is 26.2 Å². The van der Waals surface area contributed by atoms with E-state index in [0.717, 1.165) is 0 Å². The minimum Gasteiger partial charge on any atom is -0.481 e. The van der Waals surface area contributed by atoms with E-state index < -0.39 is 79.0 Å². The van der Waals surface area contributed by atoms with Crippen LogP contribution in [0.1, 0.15) is 44.1 Å². The lowest BCUT2D eigenvalue weighted by Crippen LogP contribution is -2.55. The van der Waals surface area contributed by atoms with E-state index in [1.54, 1.807) is 0 Å². The molecule has 19 heteroatoms. The van der Waals surface area contributed by atoms with Crippen molar-refractivity contribution in [1.29, 1.82) is 0 Å². The summed E-state index contributed by atoms with van der Waals surface area (Å²) in [5.41, 5.74) is 21.8. The molecule has 0 aliphatic rings. The molecule has 13 N–H and O–H groups in total. The van der Waals surface area contributed by atoms with Gasteiger partial charge in [-0.3, -0.25) is 33.8 Å². The van der Waals surface area contributed by atoms with Gasteiger partial charge in [-0.05, 0) is 56.3 Å². The van der Waals surface area contributed by atoms with Crippen LogP contribution >= 0.6 is 0 Å². The largest absolute Gasteiger partial charge is 0.481 e. The fourth-order valence-corrected chi connectivity index (χ4v) is 3.72. The van der Waals surface area contributed by atoms with Gasteiger partial charge in [-0.15, -0.1) is 0 Å². The highest BCUT2D eigenvalue weighted by Crippen LogP contribution is 2.05. The Labute approximate surface area is 263 Å². The molecular weight excluding hydrogens is 611 g/mol. The normalized spacial score (nSPS) is 12.7. The second kappa shape index (κ2) is 21.4. The molecule has 0 aliphatic heterocycles. The van der Waals surface area contributed by atoms with Crippen LogP contribution in [0.2, 0.25) is 0 Å². The van der Waals surface area contributed by atoms with Crippen molar-refractivity contribution in [2.24, 2.45) is 33.1 Å². The highest BCUT2D eigenvalue weighted by atomic mass is 19.1. The van der Waals surface area contributed by atoms with E-state index in [1.807, 2.05) is 0 Å². The van der Waals surface area contributed by atoms with Crippen LogP contribution in [0, 0.1) is 5.82 Å². The van der Waals surface area contributed by atoms with Crippen molar-refractivity contribution in [3.05, 3.63) is 35.6 Å². The van der Waals surface area contributed by atoms with E-state index in [-0.39, 0.29) is 31.8 Å². The second-order valence-electron chi connectivity index (χ2n) is 9.81. The maximum absolute atomic E-state index is 13.2. The molecule has 18 nitrogen and oxygen atoms in total. The molecule has 3 atom stereocenters.